The molecule has 0 saturated heterocycles. The van der Waals surface area contributed by atoms with E-state index in [9.17, 15) is 9.59 Å². The highest BCUT2D eigenvalue weighted by Gasteiger charge is 2.17. The molecule has 0 unspecified atom stereocenters. The molecule has 0 bridgehead atoms. The second-order valence-corrected chi connectivity index (χ2v) is 8.16. The van der Waals surface area contributed by atoms with Crippen LogP contribution in [0.4, 0.5) is 16.5 Å². The monoisotopic (exact) mass is 469 g/mol. The number of aromatic nitrogens is 1. The minimum atomic E-state index is -0.156. The highest BCUT2D eigenvalue weighted by molar-refractivity contribution is 9.10. The van der Waals surface area contributed by atoms with E-state index in [1.807, 2.05) is 60.8 Å². The van der Waals surface area contributed by atoms with Crippen LogP contribution in [0.3, 0.4) is 0 Å². The van der Waals surface area contributed by atoms with Crippen LogP contribution in [0.2, 0.25) is 0 Å². The smallest absolute Gasteiger partial charge is 0.250 e. The fourth-order valence-electron chi connectivity index (χ4n) is 2.84. The van der Waals surface area contributed by atoms with Crippen molar-refractivity contribution in [1.29, 1.82) is 0 Å². The normalized spacial score (nSPS) is 10.9. The molecule has 1 aromatic heterocycles. The van der Waals surface area contributed by atoms with Crippen LogP contribution < -0.4 is 9.80 Å². The molecule has 3 aromatic rings. The van der Waals surface area contributed by atoms with E-state index in [0.717, 1.165) is 21.4 Å². The number of hydrogen-bond acceptors (Lipinski definition) is 4. The van der Waals surface area contributed by atoms with Gasteiger partial charge in [-0.05, 0) is 48.9 Å². The van der Waals surface area contributed by atoms with Crippen LogP contribution in [0, 0.1) is 6.92 Å². The molecule has 7 heteroatoms. The number of benzene rings is 2. The molecule has 0 aliphatic carbocycles. The maximum atomic E-state index is 12.6. The summed E-state index contributed by atoms with van der Waals surface area (Å²) in [6.45, 7) is 3.46. The van der Waals surface area contributed by atoms with Gasteiger partial charge in [-0.15, -0.1) is 11.3 Å². The zero-order valence-corrected chi connectivity index (χ0v) is 18.7. The SMILES string of the molecule is CC(=O)N(c1ccccc1)c1nc(C=CC(=O)N(C)c2ccc(Br)cc2C)cs1. The van der Waals surface area contributed by atoms with Gasteiger partial charge in [-0.2, -0.15) is 0 Å². The molecule has 0 atom stereocenters. The number of para-hydroxylation sites is 1. The van der Waals surface area contributed by atoms with Crippen LogP contribution in [-0.4, -0.2) is 23.8 Å². The lowest BCUT2D eigenvalue weighted by Gasteiger charge is -2.18. The van der Waals surface area contributed by atoms with E-state index in [4.69, 9.17) is 0 Å². The van der Waals surface area contributed by atoms with E-state index in [-0.39, 0.29) is 11.8 Å². The van der Waals surface area contributed by atoms with Gasteiger partial charge in [-0.3, -0.25) is 14.5 Å². The average molecular weight is 470 g/mol. The number of likely N-dealkylation sites (N-methyl/N-ethyl adjacent to an activating group) is 1. The van der Waals surface area contributed by atoms with Crippen molar-refractivity contribution >= 4 is 61.7 Å². The third-order valence-electron chi connectivity index (χ3n) is 4.28. The minimum absolute atomic E-state index is 0.123. The summed E-state index contributed by atoms with van der Waals surface area (Å²) in [5.74, 6) is -0.279. The first-order valence-electron chi connectivity index (χ1n) is 8.90. The van der Waals surface area contributed by atoms with Crippen molar-refractivity contribution in [2.75, 3.05) is 16.8 Å². The van der Waals surface area contributed by atoms with E-state index in [0.29, 0.717) is 10.8 Å². The van der Waals surface area contributed by atoms with Crippen molar-refractivity contribution in [2.45, 2.75) is 13.8 Å². The lowest BCUT2D eigenvalue weighted by atomic mass is 10.2. The first-order valence-corrected chi connectivity index (χ1v) is 10.6. The number of nitrogens with zero attached hydrogens (tertiary/aromatic N) is 3. The van der Waals surface area contributed by atoms with Crippen LogP contribution in [0.1, 0.15) is 18.2 Å². The van der Waals surface area contributed by atoms with Gasteiger partial charge in [0.1, 0.15) is 0 Å². The molecule has 29 heavy (non-hydrogen) atoms. The maximum Gasteiger partial charge on any atom is 0.250 e. The molecule has 2 amide bonds. The fraction of sp³-hybridized carbons (Fsp3) is 0.136. The molecule has 148 valence electrons. The summed E-state index contributed by atoms with van der Waals surface area (Å²) in [4.78, 5) is 32.3. The Bertz CT molecular complexity index is 1060. The van der Waals surface area contributed by atoms with Crippen molar-refractivity contribution in [3.05, 3.63) is 75.7 Å². The molecule has 0 aliphatic rings. The molecular formula is C22H20BrN3O2S. The van der Waals surface area contributed by atoms with Crippen molar-refractivity contribution in [2.24, 2.45) is 0 Å². The topological polar surface area (TPSA) is 53.5 Å². The lowest BCUT2D eigenvalue weighted by Crippen LogP contribution is -2.24. The van der Waals surface area contributed by atoms with Gasteiger partial charge in [0, 0.05) is 35.6 Å². The molecule has 0 N–H and O–H groups in total. The van der Waals surface area contributed by atoms with Crippen LogP contribution in [0.25, 0.3) is 6.08 Å². The molecule has 0 aliphatic heterocycles. The van der Waals surface area contributed by atoms with E-state index in [2.05, 4.69) is 20.9 Å². The Labute approximate surface area is 182 Å². The number of anilines is 3. The number of hydrogen-bond donors (Lipinski definition) is 0. The molecule has 1 heterocycles. The van der Waals surface area contributed by atoms with Gasteiger partial charge in [-0.1, -0.05) is 34.1 Å². The van der Waals surface area contributed by atoms with E-state index in [1.54, 1.807) is 22.9 Å². The number of amides is 2. The molecule has 0 radical (unpaired) electrons. The fourth-order valence-corrected chi connectivity index (χ4v) is 4.17. The summed E-state index contributed by atoms with van der Waals surface area (Å²) < 4.78 is 0.971. The van der Waals surface area contributed by atoms with Gasteiger partial charge < -0.3 is 4.90 Å². The summed E-state index contributed by atoms with van der Waals surface area (Å²) in [5.41, 5.74) is 3.22. The van der Waals surface area contributed by atoms with Gasteiger partial charge in [0.15, 0.2) is 5.13 Å². The summed E-state index contributed by atoms with van der Waals surface area (Å²) in [6, 6.07) is 15.1. The van der Waals surface area contributed by atoms with Crippen LogP contribution in [0.5, 0.6) is 0 Å². The van der Waals surface area contributed by atoms with Gasteiger partial charge in [-0.25, -0.2) is 4.98 Å². The summed E-state index contributed by atoms with van der Waals surface area (Å²) in [6.07, 6.45) is 3.15. The Hall–Kier alpha value is -2.77. The quantitative estimate of drug-likeness (QED) is 0.458. The number of carbonyl (C=O) groups is 2. The standard InChI is InChI=1S/C22H20BrN3O2S/c1-15-13-17(23)9-11-20(15)25(3)21(28)12-10-18-14-29-22(24-18)26(16(2)27)19-7-5-4-6-8-19/h4-14H,1-3H3. The first-order chi connectivity index (χ1) is 13.9. The predicted molar refractivity (Wildman–Crippen MR) is 123 cm³/mol. The summed E-state index contributed by atoms with van der Waals surface area (Å²) in [5, 5.41) is 2.39. The van der Waals surface area contributed by atoms with Crippen molar-refractivity contribution in [3.63, 3.8) is 0 Å². The minimum Gasteiger partial charge on any atom is -0.312 e. The molecule has 3 rings (SSSR count). The molecule has 5 nitrogen and oxygen atoms in total. The summed E-state index contributed by atoms with van der Waals surface area (Å²) >= 11 is 4.79. The Kier molecular flexibility index (Phi) is 6.61. The van der Waals surface area contributed by atoms with Crippen LogP contribution >= 0.6 is 27.3 Å². The number of rotatable bonds is 5. The molecular weight excluding hydrogens is 450 g/mol. The third kappa shape index (κ3) is 4.99. The number of thiazole rings is 1. The Balaban J connectivity index is 1.77. The Morgan fingerprint density at radius 1 is 1.14 bits per heavy atom. The zero-order valence-electron chi connectivity index (χ0n) is 16.3. The largest absolute Gasteiger partial charge is 0.312 e. The van der Waals surface area contributed by atoms with E-state index in [1.165, 1.54) is 24.3 Å². The zero-order chi connectivity index (χ0) is 21.0. The maximum absolute atomic E-state index is 12.6. The van der Waals surface area contributed by atoms with Gasteiger partial charge >= 0.3 is 0 Å². The Morgan fingerprint density at radius 3 is 2.52 bits per heavy atom. The van der Waals surface area contributed by atoms with E-state index >= 15 is 0 Å². The second kappa shape index (κ2) is 9.15. The van der Waals surface area contributed by atoms with Crippen molar-refractivity contribution in [3.8, 4) is 0 Å². The predicted octanol–water partition coefficient (Wildman–Crippen LogP) is 5.57. The molecule has 0 fully saturated rings. The van der Waals surface area contributed by atoms with Gasteiger partial charge in [0.05, 0.1) is 11.4 Å². The molecule has 0 spiro atoms. The Morgan fingerprint density at radius 2 is 1.86 bits per heavy atom. The van der Waals surface area contributed by atoms with Crippen molar-refractivity contribution < 1.29 is 9.59 Å². The summed E-state index contributed by atoms with van der Waals surface area (Å²) in [7, 11) is 1.74. The van der Waals surface area contributed by atoms with Gasteiger partial charge in [0.2, 0.25) is 5.91 Å². The lowest BCUT2D eigenvalue weighted by molar-refractivity contribution is -0.116. The molecule has 2 aromatic carbocycles. The van der Waals surface area contributed by atoms with Crippen molar-refractivity contribution in [1.82, 2.24) is 4.98 Å². The third-order valence-corrected chi connectivity index (χ3v) is 5.62. The first kappa shape index (κ1) is 21.0. The van der Waals surface area contributed by atoms with Gasteiger partial charge in [0.25, 0.3) is 5.91 Å². The van der Waals surface area contributed by atoms with E-state index < -0.39 is 0 Å². The highest BCUT2D eigenvalue weighted by atomic mass is 79.9. The second-order valence-electron chi connectivity index (χ2n) is 6.41. The highest BCUT2D eigenvalue weighted by Crippen LogP contribution is 2.29. The number of carbonyl (C=O) groups excluding carboxylic acids is 2. The average Bonchev–Trinajstić information content (AvgIpc) is 3.14. The number of halogens is 1. The number of aryl methyl sites for hydroxylation is 1. The van der Waals surface area contributed by atoms with Crippen LogP contribution in [0.15, 0.2) is 64.5 Å². The molecule has 0 saturated carbocycles. The van der Waals surface area contributed by atoms with Crippen LogP contribution in [-0.2, 0) is 9.59 Å².